The molecule has 0 aliphatic carbocycles. The van der Waals surface area contributed by atoms with Crippen LogP contribution in [0.2, 0.25) is 0 Å². The van der Waals surface area contributed by atoms with Gasteiger partial charge in [-0.3, -0.25) is 9.59 Å². The van der Waals surface area contributed by atoms with E-state index in [0.717, 1.165) is 10.7 Å². The predicted octanol–water partition coefficient (Wildman–Crippen LogP) is 3.37. The van der Waals surface area contributed by atoms with E-state index in [0.29, 0.717) is 62.4 Å². The molecule has 3 amide bonds. The molecule has 0 atom stereocenters. The molecule has 0 aliphatic heterocycles. The maximum Gasteiger partial charge on any atom is 0.407 e. The number of unbranched alkanes of at least 4 members (excludes halogenated alkanes) is 1. The highest BCUT2D eigenvalue weighted by atomic mass is 32.1. The minimum atomic E-state index is -0.523. The Morgan fingerprint density at radius 1 is 1.03 bits per heavy atom. The number of thiazole rings is 2. The molecule has 184 valence electrons. The van der Waals surface area contributed by atoms with Gasteiger partial charge in [0.05, 0.1) is 5.01 Å². The van der Waals surface area contributed by atoms with E-state index >= 15 is 0 Å². The molecule has 2 aromatic heterocycles. The summed E-state index contributed by atoms with van der Waals surface area (Å²) in [6.45, 7) is 6.89. The van der Waals surface area contributed by atoms with Crippen molar-refractivity contribution in [3.8, 4) is 23.0 Å². The highest BCUT2D eigenvalue weighted by Gasteiger charge is 2.16. The van der Waals surface area contributed by atoms with Crippen LogP contribution >= 0.6 is 22.7 Å². The van der Waals surface area contributed by atoms with Gasteiger partial charge in [0.15, 0.2) is 0 Å². The van der Waals surface area contributed by atoms with Crippen LogP contribution in [-0.4, -0.2) is 53.1 Å². The van der Waals surface area contributed by atoms with E-state index in [2.05, 4.69) is 31.8 Å². The molecular formula is C23H31N5O4S2. The molecule has 0 aromatic carbocycles. The summed E-state index contributed by atoms with van der Waals surface area (Å²) in [5.74, 6) is 2.14. The average molecular weight is 506 g/mol. The van der Waals surface area contributed by atoms with Crippen molar-refractivity contribution in [3.63, 3.8) is 0 Å². The van der Waals surface area contributed by atoms with Gasteiger partial charge in [-0.05, 0) is 33.6 Å². The van der Waals surface area contributed by atoms with Crippen molar-refractivity contribution in [3.05, 3.63) is 21.5 Å². The maximum atomic E-state index is 12.3. The topological polar surface area (TPSA) is 122 Å². The third-order valence-corrected chi connectivity index (χ3v) is 6.00. The second-order valence-corrected chi connectivity index (χ2v) is 10.2. The lowest BCUT2D eigenvalue weighted by molar-refractivity contribution is -0.120. The first-order chi connectivity index (χ1) is 16.2. The highest BCUT2D eigenvalue weighted by Crippen LogP contribution is 2.25. The number of carbonyl (C=O) groups is 3. The van der Waals surface area contributed by atoms with E-state index in [4.69, 9.17) is 11.2 Å². The van der Waals surface area contributed by atoms with Crippen molar-refractivity contribution >= 4 is 40.6 Å². The van der Waals surface area contributed by atoms with E-state index in [1.54, 1.807) is 5.38 Å². The number of alkyl carbamates (subject to hydrolysis) is 1. The SMILES string of the molecule is C#CCCC(=O)NCCc1nc(-c2nc(C(=O)NCCCCNC(=O)OC(C)(C)C)cs2)cs1. The summed E-state index contributed by atoms with van der Waals surface area (Å²) < 4.78 is 5.17. The summed E-state index contributed by atoms with van der Waals surface area (Å²) in [6, 6.07) is 0. The summed E-state index contributed by atoms with van der Waals surface area (Å²) >= 11 is 2.85. The number of nitrogens with one attached hydrogen (secondary N) is 3. The van der Waals surface area contributed by atoms with Crippen LogP contribution in [0.4, 0.5) is 4.79 Å². The first kappa shape index (κ1) is 27.3. The lowest BCUT2D eigenvalue weighted by Crippen LogP contribution is -2.33. The van der Waals surface area contributed by atoms with Crippen molar-refractivity contribution in [1.82, 2.24) is 25.9 Å². The van der Waals surface area contributed by atoms with Gasteiger partial charge in [0.1, 0.15) is 22.0 Å². The Morgan fingerprint density at radius 2 is 1.76 bits per heavy atom. The minimum Gasteiger partial charge on any atom is -0.444 e. The molecule has 0 fully saturated rings. The van der Waals surface area contributed by atoms with Crippen LogP contribution in [0.25, 0.3) is 10.7 Å². The van der Waals surface area contributed by atoms with E-state index in [1.165, 1.54) is 22.7 Å². The summed E-state index contributed by atoms with van der Waals surface area (Å²) in [4.78, 5) is 44.5. The van der Waals surface area contributed by atoms with Gasteiger partial charge in [-0.1, -0.05) is 0 Å². The van der Waals surface area contributed by atoms with Gasteiger partial charge in [0, 0.05) is 49.7 Å². The predicted molar refractivity (Wildman–Crippen MR) is 134 cm³/mol. The van der Waals surface area contributed by atoms with E-state index in [1.807, 2.05) is 26.2 Å². The summed E-state index contributed by atoms with van der Waals surface area (Å²) in [5, 5.41) is 13.5. The van der Waals surface area contributed by atoms with Crippen LogP contribution in [0.3, 0.4) is 0 Å². The molecule has 9 nitrogen and oxygen atoms in total. The first-order valence-electron chi connectivity index (χ1n) is 11.0. The Morgan fingerprint density at radius 3 is 2.47 bits per heavy atom. The number of nitrogens with zero attached hydrogens (tertiary/aromatic N) is 2. The minimum absolute atomic E-state index is 0.0652. The molecule has 0 saturated carbocycles. The zero-order chi connectivity index (χ0) is 25.0. The van der Waals surface area contributed by atoms with Crippen LogP contribution in [0.1, 0.15) is 62.0 Å². The number of hydrogen-bond acceptors (Lipinski definition) is 8. The standard InChI is InChI=1S/C23H31N5O4S2/c1-5-6-9-18(29)24-13-10-19-27-17(15-33-19)21-28-16(14-34-21)20(30)25-11-7-8-12-26-22(31)32-23(2,3)4/h1,14-15H,6-13H2,2-4H3,(H,24,29)(H,25,30)(H,26,31). The second kappa shape index (κ2) is 13.7. The summed E-state index contributed by atoms with van der Waals surface area (Å²) in [7, 11) is 0. The second-order valence-electron chi connectivity index (χ2n) is 8.36. The van der Waals surface area contributed by atoms with E-state index in [-0.39, 0.29) is 11.8 Å². The molecule has 2 heterocycles. The van der Waals surface area contributed by atoms with Crippen molar-refractivity contribution in [2.24, 2.45) is 0 Å². The van der Waals surface area contributed by atoms with Crippen LogP contribution in [-0.2, 0) is 16.0 Å². The molecule has 2 rings (SSSR count). The fourth-order valence-electron chi connectivity index (χ4n) is 2.65. The zero-order valence-electron chi connectivity index (χ0n) is 19.7. The van der Waals surface area contributed by atoms with Gasteiger partial charge in [0.25, 0.3) is 5.91 Å². The Balaban J connectivity index is 1.69. The zero-order valence-corrected chi connectivity index (χ0v) is 21.4. The van der Waals surface area contributed by atoms with E-state index in [9.17, 15) is 14.4 Å². The highest BCUT2D eigenvalue weighted by molar-refractivity contribution is 7.14. The molecule has 0 bridgehead atoms. The number of aromatic nitrogens is 2. The van der Waals surface area contributed by atoms with Crippen LogP contribution in [0.5, 0.6) is 0 Å². The van der Waals surface area contributed by atoms with Crippen LogP contribution in [0.15, 0.2) is 10.8 Å². The third-order valence-electron chi connectivity index (χ3n) is 4.22. The van der Waals surface area contributed by atoms with Gasteiger partial charge in [-0.15, -0.1) is 35.0 Å². The molecule has 0 spiro atoms. The van der Waals surface area contributed by atoms with Crippen LogP contribution < -0.4 is 16.0 Å². The van der Waals surface area contributed by atoms with Crippen molar-refractivity contribution in [1.29, 1.82) is 0 Å². The molecule has 11 heteroatoms. The molecule has 0 radical (unpaired) electrons. The molecule has 3 N–H and O–H groups in total. The fourth-order valence-corrected chi connectivity index (χ4v) is 4.27. The largest absolute Gasteiger partial charge is 0.444 e. The summed E-state index contributed by atoms with van der Waals surface area (Å²) in [5.41, 5.74) is 0.545. The monoisotopic (exact) mass is 505 g/mol. The number of rotatable bonds is 12. The molecule has 0 aliphatic rings. The molecule has 0 saturated heterocycles. The van der Waals surface area contributed by atoms with Gasteiger partial charge in [-0.25, -0.2) is 14.8 Å². The van der Waals surface area contributed by atoms with Gasteiger partial charge in [-0.2, -0.15) is 0 Å². The van der Waals surface area contributed by atoms with Crippen molar-refractivity contribution < 1.29 is 19.1 Å². The van der Waals surface area contributed by atoms with Gasteiger partial charge >= 0.3 is 6.09 Å². The number of ether oxygens (including phenoxy) is 1. The van der Waals surface area contributed by atoms with Crippen molar-refractivity contribution in [2.75, 3.05) is 19.6 Å². The number of terminal acetylenes is 1. The summed E-state index contributed by atoms with van der Waals surface area (Å²) in [6.07, 6.45) is 7.52. The van der Waals surface area contributed by atoms with Gasteiger partial charge in [0.2, 0.25) is 5.91 Å². The number of hydrogen-bond donors (Lipinski definition) is 3. The third kappa shape index (κ3) is 10.3. The maximum absolute atomic E-state index is 12.3. The smallest absolute Gasteiger partial charge is 0.407 e. The lowest BCUT2D eigenvalue weighted by atomic mass is 10.2. The van der Waals surface area contributed by atoms with Crippen LogP contribution in [0, 0.1) is 12.3 Å². The Hall–Kier alpha value is -2.97. The normalized spacial score (nSPS) is 10.9. The number of carbonyl (C=O) groups excluding carboxylic acids is 3. The Bertz CT molecular complexity index is 1000. The quantitative estimate of drug-likeness (QED) is 0.300. The fraction of sp³-hybridized carbons (Fsp3) is 0.522. The average Bonchev–Trinajstić information content (AvgIpc) is 3.43. The first-order valence-corrected chi connectivity index (χ1v) is 12.8. The van der Waals surface area contributed by atoms with E-state index < -0.39 is 11.7 Å². The Kier molecular flexibility index (Phi) is 11.0. The molecule has 34 heavy (non-hydrogen) atoms. The Labute approximate surface area is 208 Å². The molecule has 0 unspecified atom stereocenters. The lowest BCUT2D eigenvalue weighted by Gasteiger charge is -2.19. The van der Waals surface area contributed by atoms with Gasteiger partial charge < -0.3 is 20.7 Å². The van der Waals surface area contributed by atoms with Crippen molar-refractivity contribution in [2.45, 2.75) is 58.5 Å². The molecular weight excluding hydrogens is 474 g/mol. The molecule has 2 aromatic rings. The number of amides is 3.